The molecule has 3 rings (SSSR count). The molecule has 1 saturated heterocycles. The van der Waals surface area contributed by atoms with Gasteiger partial charge in [0.25, 0.3) is 0 Å². The molecule has 116 valence electrons. The van der Waals surface area contributed by atoms with Crippen LogP contribution in [0.4, 0.5) is 0 Å². The lowest BCUT2D eigenvalue weighted by molar-refractivity contribution is 0.129. The number of rotatable bonds is 2. The van der Waals surface area contributed by atoms with Gasteiger partial charge in [0, 0.05) is 12.6 Å². The van der Waals surface area contributed by atoms with Crippen molar-refractivity contribution >= 4 is 21.6 Å². The first-order chi connectivity index (χ1) is 10.00. The van der Waals surface area contributed by atoms with Gasteiger partial charge in [0.2, 0.25) is 10.0 Å². The van der Waals surface area contributed by atoms with Gasteiger partial charge in [0.05, 0.1) is 5.02 Å². The second-order valence-corrected chi connectivity index (χ2v) is 8.57. The maximum absolute atomic E-state index is 13.0. The molecule has 1 aromatic carbocycles. The molecule has 0 bridgehead atoms. The third-order valence-corrected chi connectivity index (χ3v) is 7.27. The average molecular weight is 328 g/mol. The van der Waals surface area contributed by atoms with Gasteiger partial charge >= 0.3 is 0 Å². The van der Waals surface area contributed by atoms with E-state index >= 15 is 0 Å². The average Bonchev–Trinajstić information content (AvgIpc) is 2.46. The summed E-state index contributed by atoms with van der Waals surface area (Å²) in [6, 6.07) is 5.38. The fourth-order valence-electron chi connectivity index (χ4n) is 3.82. The van der Waals surface area contributed by atoms with Gasteiger partial charge in [-0.2, -0.15) is 4.31 Å². The van der Waals surface area contributed by atoms with Crippen molar-refractivity contribution in [1.82, 2.24) is 4.31 Å². The Bertz CT molecular complexity index is 627. The van der Waals surface area contributed by atoms with Crippen LogP contribution in [0.15, 0.2) is 23.1 Å². The van der Waals surface area contributed by atoms with Crippen LogP contribution in [-0.4, -0.2) is 25.3 Å². The van der Waals surface area contributed by atoms with Crippen molar-refractivity contribution in [3.8, 4) is 0 Å². The minimum absolute atomic E-state index is 0.176. The topological polar surface area (TPSA) is 37.4 Å². The zero-order chi connectivity index (χ0) is 15.0. The van der Waals surface area contributed by atoms with Gasteiger partial charge in [-0.15, -0.1) is 0 Å². The van der Waals surface area contributed by atoms with Crippen molar-refractivity contribution in [3.63, 3.8) is 0 Å². The second kappa shape index (κ2) is 5.90. The van der Waals surface area contributed by atoms with Crippen molar-refractivity contribution in [1.29, 1.82) is 0 Å². The highest BCUT2D eigenvalue weighted by Gasteiger charge is 2.40. The van der Waals surface area contributed by atoms with Crippen LogP contribution in [0.3, 0.4) is 0 Å². The van der Waals surface area contributed by atoms with E-state index in [1.165, 1.54) is 6.42 Å². The van der Waals surface area contributed by atoms with Gasteiger partial charge < -0.3 is 0 Å². The Kier molecular flexibility index (Phi) is 4.30. The van der Waals surface area contributed by atoms with Gasteiger partial charge in [0.1, 0.15) is 4.90 Å². The summed E-state index contributed by atoms with van der Waals surface area (Å²) in [5.74, 6) is 0.534. The maximum atomic E-state index is 13.0. The van der Waals surface area contributed by atoms with Crippen molar-refractivity contribution in [2.24, 2.45) is 5.92 Å². The summed E-state index contributed by atoms with van der Waals surface area (Å²) < 4.78 is 27.8. The SMILES string of the molecule is Cc1ccc(S(=O)(=O)N2CCCC3CCCCC32)c(Cl)c1. The standard InChI is InChI=1S/C16H22ClNO2S/c1-12-8-9-16(14(17)11-12)21(19,20)18-10-4-6-13-5-2-3-7-15(13)18/h8-9,11,13,15H,2-7,10H2,1H3. The molecule has 1 saturated carbocycles. The Morgan fingerprint density at radius 3 is 2.62 bits per heavy atom. The molecular weight excluding hydrogens is 306 g/mol. The summed E-state index contributed by atoms with van der Waals surface area (Å²) in [6.07, 6.45) is 6.66. The first-order valence-corrected chi connectivity index (χ1v) is 9.60. The first kappa shape index (κ1) is 15.3. The largest absolute Gasteiger partial charge is 0.244 e. The number of piperidine rings is 1. The van der Waals surface area contributed by atoms with Crippen LogP contribution in [0.5, 0.6) is 0 Å². The second-order valence-electron chi connectivity index (χ2n) is 6.30. The summed E-state index contributed by atoms with van der Waals surface area (Å²) >= 11 is 6.20. The minimum Gasteiger partial charge on any atom is -0.207 e. The van der Waals surface area contributed by atoms with Crippen LogP contribution >= 0.6 is 11.6 Å². The first-order valence-electron chi connectivity index (χ1n) is 7.78. The van der Waals surface area contributed by atoms with Gasteiger partial charge in [-0.1, -0.05) is 30.5 Å². The molecule has 2 fully saturated rings. The van der Waals surface area contributed by atoms with E-state index in [1.807, 2.05) is 13.0 Å². The minimum atomic E-state index is -3.48. The van der Waals surface area contributed by atoms with Gasteiger partial charge in [-0.25, -0.2) is 8.42 Å². The Morgan fingerprint density at radius 1 is 1.14 bits per heavy atom. The fourth-order valence-corrected chi connectivity index (χ4v) is 6.15. The molecule has 1 aliphatic heterocycles. The third kappa shape index (κ3) is 2.86. The summed E-state index contributed by atoms with van der Waals surface area (Å²) in [4.78, 5) is 0.265. The van der Waals surface area contributed by atoms with Crippen molar-refractivity contribution in [2.45, 2.75) is 56.4 Å². The predicted octanol–water partition coefficient (Wildman–Crippen LogP) is 3.99. The smallest absolute Gasteiger partial charge is 0.207 e. The van der Waals surface area contributed by atoms with E-state index in [0.717, 1.165) is 37.7 Å². The van der Waals surface area contributed by atoms with E-state index in [9.17, 15) is 8.42 Å². The molecule has 3 nitrogen and oxygen atoms in total. The van der Waals surface area contributed by atoms with Crippen LogP contribution in [0, 0.1) is 12.8 Å². The highest BCUT2D eigenvalue weighted by molar-refractivity contribution is 7.89. The van der Waals surface area contributed by atoms with E-state index < -0.39 is 10.0 Å². The van der Waals surface area contributed by atoms with Crippen LogP contribution in [-0.2, 0) is 10.0 Å². The Balaban J connectivity index is 1.96. The van der Waals surface area contributed by atoms with Crippen LogP contribution in [0.2, 0.25) is 5.02 Å². The quantitative estimate of drug-likeness (QED) is 0.823. The number of aryl methyl sites for hydroxylation is 1. The predicted molar refractivity (Wildman–Crippen MR) is 85.1 cm³/mol. The van der Waals surface area contributed by atoms with Crippen molar-refractivity contribution < 1.29 is 8.42 Å². The van der Waals surface area contributed by atoms with E-state index in [-0.39, 0.29) is 10.9 Å². The number of halogens is 1. The fraction of sp³-hybridized carbons (Fsp3) is 0.625. The summed E-state index contributed by atoms with van der Waals surface area (Å²) in [5, 5.41) is 0.341. The number of hydrogen-bond acceptors (Lipinski definition) is 2. The van der Waals surface area contributed by atoms with E-state index in [2.05, 4.69) is 0 Å². The number of fused-ring (bicyclic) bond motifs is 1. The lowest BCUT2D eigenvalue weighted by atomic mass is 9.79. The Hall–Kier alpha value is -0.580. The van der Waals surface area contributed by atoms with E-state index in [0.29, 0.717) is 17.5 Å². The molecule has 1 aliphatic carbocycles. The number of nitrogens with zero attached hydrogens (tertiary/aromatic N) is 1. The number of hydrogen-bond donors (Lipinski definition) is 0. The highest BCUT2D eigenvalue weighted by Crippen LogP contribution is 2.39. The maximum Gasteiger partial charge on any atom is 0.244 e. The molecule has 0 spiro atoms. The molecule has 2 unspecified atom stereocenters. The van der Waals surface area contributed by atoms with Gasteiger partial charge in [-0.3, -0.25) is 0 Å². The molecule has 1 heterocycles. The molecule has 2 atom stereocenters. The molecule has 0 amide bonds. The van der Waals surface area contributed by atoms with Gasteiger partial charge in [0.15, 0.2) is 0 Å². The summed E-state index contributed by atoms with van der Waals surface area (Å²) in [6.45, 7) is 2.55. The zero-order valence-electron chi connectivity index (χ0n) is 12.4. The number of benzene rings is 1. The summed E-state index contributed by atoms with van der Waals surface area (Å²) in [5.41, 5.74) is 0.980. The summed E-state index contributed by atoms with van der Waals surface area (Å²) in [7, 11) is -3.48. The third-order valence-electron chi connectivity index (χ3n) is 4.87. The lowest BCUT2D eigenvalue weighted by Gasteiger charge is -2.43. The molecule has 1 aromatic rings. The molecule has 2 aliphatic rings. The zero-order valence-corrected chi connectivity index (χ0v) is 14.0. The number of sulfonamides is 1. The van der Waals surface area contributed by atoms with E-state index in [1.54, 1.807) is 16.4 Å². The molecule has 5 heteroatoms. The molecular formula is C16H22ClNO2S. The van der Waals surface area contributed by atoms with Crippen molar-refractivity contribution in [2.75, 3.05) is 6.54 Å². The van der Waals surface area contributed by atoms with Crippen LogP contribution in [0.1, 0.15) is 44.1 Å². The van der Waals surface area contributed by atoms with Crippen molar-refractivity contribution in [3.05, 3.63) is 28.8 Å². The van der Waals surface area contributed by atoms with Crippen LogP contribution in [0.25, 0.3) is 0 Å². The molecule has 21 heavy (non-hydrogen) atoms. The van der Waals surface area contributed by atoms with Crippen LogP contribution < -0.4 is 0 Å². The highest BCUT2D eigenvalue weighted by atomic mass is 35.5. The molecule has 0 radical (unpaired) electrons. The van der Waals surface area contributed by atoms with E-state index in [4.69, 9.17) is 11.6 Å². The normalized spacial score (nSPS) is 27.3. The van der Waals surface area contributed by atoms with Gasteiger partial charge in [-0.05, 0) is 56.2 Å². The monoisotopic (exact) mass is 327 g/mol. The molecule has 0 N–H and O–H groups in total. The Morgan fingerprint density at radius 2 is 1.86 bits per heavy atom. The lowest BCUT2D eigenvalue weighted by Crippen LogP contribution is -2.49. The Labute approximate surface area is 132 Å². The molecule has 0 aromatic heterocycles.